The third-order valence-corrected chi connectivity index (χ3v) is 2.80. The van der Waals surface area contributed by atoms with Gasteiger partial charge in [0.1, 0.15) is 0 Å². The molecule has 1 aromatic carbocycles. The van der Waals surface area contributed by atoms with Crippen LogP contribution >= 0.6 is 15.9 Å². The zero-order chi connectivity index (χ0) is 8.39. The summed E-state index contributed by atoms with van der Waals surface area (Å²) in [6.45, 7) is 2.23. The summed E-state index contributed by atoms with van der Waals surface area (Å²) in [5.41, 5.74) is 3.00. The molecule has 0 atom stereocenters. The number of hydrogen-bond donors (Lipinski definition) is 1. The Balaban J connectivity index is 2.36. The molecular formula is C10H12BrN. The van der Waals surface area contributed by atoms with Gasteiger partial charge in [-0.25, -0.2) is 0 Å². The summed E-state index contributed by atoms with van der Waals surface area (Å²) < 4.78 is 1.20. The van der Waals surface area contributed by atoms with Gasteiger partial charge in [0.25, 0.3) is 0 Å². The third-order valence-electron chi connectivity index (χ3n) is 2.31. The molecule has 1 aliphatic rings. The molecule has 0 saturated heterocycles. The van der Waals surface area contributed by atoms with Crippen LogP contribution in [0.5, 0.6) is 0 Å². The van der Waals surface area contributed by atoms with E-state index in [9.17, 15) is 0 Å². The molecule has 1 N–H and O–H groups in total. The number of benzene rings is 1. The van der Waals surface area contributed by atoms with Gasteiger partial charge in [0, 0.05) is 4.47 Å². The minimum absolute atomic E-state index is 1.11. The molecule has 64 valence electrons. The van der Waals surface area contributed by atoms with Crippen LogP contribution in [0.1, 0.15) is 11.1 Å². The van der Waals surface area contributed by atoms with Crippen molar-refractivity contribution in [3.63, 3.8) is 0 Å². The highest BCUT2D eigenvalue weighted by Gasteiger charge is 2.06. The van der Waals surface area contributed by atoms with Gasteiger partial charge in [-0.05, 0) is 49.2 Å². The number of rotatable bonds is 0. The van der Waals surface area contributed by atoms with Crippen molar-refractivity contribution in [2.24, 2.45) is 0 Å². The van der Waals surface area contributed by atoms with Gasteiger partial charge in [0.2, 0.25) is 0 Å². The van der Waals surface area contributed by atoms with Gasteiger partial charge < -0.3 is 5.32 Å². The first-order valence-electron chi connectivity index (χ1n) is 4.34. The van der Waals surface area contributed by atoms with Crippen molar-refractivity contribution in [3.8, 4) is 0 Å². The summed E-state index contributed by atoms with van der Waals surface area (Å²) in [6, 6.07) is 6.60. The molecule has 1 aromatic rings. The van der Waals surface area contributed by atoms with Crippen molar-refractivity contribution in [2.75, 3.05) is 13.1 Å². The summed E-state index contributed by atoms with van der Waals surface area (Å²) in [5, 5.41) is 3.40. The van der Waals surface area contributed by atoms with Gasteiger partial charge >= 0.3 is 0 Å². The van der Waals surface area contributed by atoms with Crippen molar-refractivity contribution >= 4 is 15.9 Å². The van der Waals surface area contributed by atoms with Crippen LogP contribution in [0.3, 0.4) is 0 Å². The van der Waals surface area contributed by atoms with E-state index >= 15 is 0 Å². The van der Waals surface area contributed by atoms with Gasteiger partial charge in [-0.15, -0.1) is 0 Å². The second-order valence-corrected chi connectivity index (χ2v) is 4.08. The number of fused-ring (bicyclic) bond motifs is 1. The number of halogens is 1. The lowest BCUT2D eigenvalue weighted by Gasteiger charge is -2.04. The van der Waals surface area contributed by atoms with E-state index in [1.807, 2.05) is 0 Å². The Morgan fingerprint density at radius 3 is 2.67 bits per heavy atom. The zero-order valence-corrected chi connectivity index (χ0v) is 8.52. The SMILES string of the molecule is Brc1ccc2c(c1)CCNCC2. The molecule has 0 aliphatic carbocycles. The highest BCUT2D eigenvalue weighted by molar-refractivity contribution is 9.10. The summed E-state index contributed by atoms with van der Waals surface area (Å²) >= 11 is 3.50. The van der Waals surface area contributed by atoms with E-state index in [1.54, 1.807) is 0 Å². The van der Waals surface area contributed by atoms with Gasteiger partial charge in [-0.2, -0.15) is 0 Å². The quantitative estimate of drug-likeness (QED) is 0.714. The van der Waals surface area contributed by atoms with E-state index < -0.39 is 0 Å². The smallest absolute Gasteiger partial charge is 0.0178 e. The van der Waals surface area contributed by atoms with Crippen LogP contribution in [0.25, 0.3) is 0 Å². The van der Waals surface area contributed by atoms with Crippen LogP contribution < -0.4 is 5.32 Å². The Kier molecular flexibility index (Phi) is 2.47. The topological polar surface area (TPSA) is 12.0 Å². The second kappa shape index (κ2) is 3.58. The summed E-state index contributed by atoms with van der Waals surface area (Å²) in [5.74, 6) is 0. The summed E-state index contributed by atoms with van der Waals surface area (Å²) in [6.07, 6.45) is 2.33. The van der Waals surface area contributed by atoms with E-state index in [0.717, 1.165) is 19.5 Å². The van der Waals surface area contributed by atoms with Crippen molar-refractivity contribution in [1.82, 2.24) is 5.32 Å². The van der Waals surface area contributed by atoms with E-state index in [2.05, 4.69) is 39.4 Å². The van der Waals surface area contributed by atoms with Crippen LogP contribution in [-0.2, 0) is 12.8 Å². The van der Waals surface area contributed by atoms with Crippen molar-refractivity contribution in [2.45, 2.75) is 12.8 Å². The van der Waals surface area contributed by atoms with Crippen LogP contribution in [0, 0.1) is 0 Å². The molecule has 0 spiro atoms. The van der Waals surface area contributed by atoms with Gasteiger partial charge in [-0.1, -0.05) is 22.0 Å². The monoisotopic (exact) mass is 225 g/mol. The summed E-state index contributed by atoms with van der Waals surface area (Å²) in [4.78, 5) is 0. The average molecular weight is 226 g/mol. The van der Waals surface area contributed by atoms with Gasteiger partial charge in [0.15, 0.2) is 0 Å². The number of hydrogen-bond acceptors (Lipinski definition) is 1. The fourth-order valence-corrected chi connectivity index (χ4v) is 2.05. The average Bonchev–Trinajstić information content (AvgIpc) is 2.28. The van der Waals surface area contributed by atoms with Crippen molar-refractivity contribution in [1.29, 1.82) is 0 Å². The second-order valence-electron chi connectivity index (χ2n) is 3.16. The zero-order valence-electron chi connectivity index (χ0n) is 6.94. The predicted octanol–water partition coefficient (Wildman–Crippen LogP) is 2.14. The van der Waals surface area contributed by atoms with Crippen LogP contribution in [0.4, 0.5) is 0 Å². The van der Waals surface area contributed by atoms with Crippen LogP contribution in [0.2, 0.25) is 0 Å². The highest BCUT2D eigenvalue weighted by Crippen LogP contribution is 2.18. The van der Waals surface area contributed by atoms with Crippen molar-refractivity contribution < 1.29 is 0 Å². The highest BCUT2D eigenvalue weighted by atomic mass is 79.9. The van der Waals surface area contributed by atoms with E-state index in [1.165, 1.54) is 22.0 Å². The summed E-state index contributed by atoms with van der Waals surface area (Å²) in [7, 11) is 0. The Morgan fingerprint density at radius 1 is 1.08 bits per heavy atom. The van der Waals surface area contributed by atoms with E-state index in [4.69, 9.17) is 0 Å². The molecular weight excluding hydrogens is 214 g/mol. The molecule has 0 fully saturated rings. The lowest BCUT2D eigenvalue weighted by Crippen LogP contribution is -2.16. The molecule has 1 heterocycles. The lowest BCUT2D eigenvalue weighted by molar-refractivity contribution is 0.711. The molecule has 12 heavy (non-hydrogen) atoms. The molecule has 0 amide bonds. The molecule has 1 aliphatic heterocycles. The minimum Gasteiger partial charge on any atom is -0.316 e. The standard InChI is InChI=1S/C10H12BrN/c11-10-2-1-8-3-5-12-6-4-9(8)7-10/h1-2,7,12H,3-6H2. The lowest BCUT2D eigenvalue weighted by atomic mass is 10.0. The van der Waals surface area contributed by atoms with Crippen LogP contribution in [-0.4, -0.2) is 13.1 Å². The van der Waals surface area contributed by atoms with Crippen LogP contribution in [0.15, 0.2) is 22.7 Å². The van der Waals surface area contributed by atoms with E-state index in [-0.39, 0.29) is 0 Å². The maximum atomic E-state index is 3.50. The van der Waals surface area contributed by atoms with Gasteiger partial charge in [0.05, 0.1) is 0 Å². The largest absolute Gasteiger partial charge is 0.316 e. The van der Waals surface area contributed by atoms with Gasteiger partial charge in [-0.3, -0.25) is 0 Å². The first-order chi connectivity index (χ1) is 5.86. The Morgan fingerprint density at radius 2 is 1.83 bits per heavy atom. The minimum atomic E-state index is 1.11. The first-order valence-corrected chi connectivity index (χ1v) is 5.13. The molecule has 0 aromatic heterocycles. The molecule has 0 radical (unpaired) electrons. The Bertz CT molecular complexity index is 283. The fourth-order valence-electron chi connectivity index (χ4n) is 1.64. The predicted molar refractivity (Wildman–Crippen MR) is 54.4 cm³/mol. The molecule has 0 unspecified atom stereocenters. The molecule has 2 rings (SSSR count). The maximum absolute atomic E-state index is 3.50. The third kappa shape index (κ3) is 1.70. The molecule has 0 bridgehead atoms. The first kappa shape index (κ1) is 8.27. The fraction of sp³-hybridized carbons (Fsp3) is 0.400. The van der Waals surface area contributed by atoms with Crippen molar-refractivity contribution in [3.05, 3.63) is 33.8 Å². The Labute approximate surface area is 81.3 Å². The molecule has 0 saturated carbocycles. The Hall–Kier alpha value is -0.340. The van der Waals surface area contributed by atoms with E-state index in [0.29, 0.717) is 0 Å². The number of nitrogens with one attached hydrogen (secondary N) is 1. The molecule has 1 nitrogen and oxygen atoms in total. The maximum Gasteiger partial charge on any atom is 0.0178 e. The normalized spacial score (nSPS) is 16.8. The molecule has 2 heteroatoms.